The minimum atomic E-state index is 1.09. The summed E-state index contributed by atoms with van der Waals surface area (Å²) >= 11 is 14.8. The summed E-state index contributed by atoms with van der Waals surface area (Å²) in [5.41, 5.74) is 5.07. The maximum atomic E-state index is 5.13. The molecule has 1 aromatic carbocycles. The number of hydrogen-bond donors (Lipinski definition) is 0. The second-order valence-electron chi connectivity index (χ2n) is 10.7. The minimum Gasteiger partial charge on any atom is -0.235 e. The minimum absolute atomic E-state index is 1.09. The third kappa shape index (κ3) is 7.84. The van der Waals surface area contributed by atoms with Gasteiger partial charge in [0.25, 0.3) is 0 Å². The van der Waals surface area contributed by atoms with E-state index in [1.807, 2.05) is 45.3 Å². The zero-order chi connectivity index (χ0) is 27.9. The molecule has 40 heavy (non-hydrogen) atoms. The van der Waals surface area contributed by atoms with Crippen molar-refractivity contribution in [3.63, 3.8) is 0 Å². The highest BCUT2D eigenvalue weighted by Crippen LogP contribution is 2.44. The fraction of sp³-hybridized carbons (Fsp3) is 0.500. The van der Waals surface area contributed by atoms with E-state index in [2.05, 4.69) is 70.0 Å². The van der Waals surface area contributed by atoms with Gasteiger partial charge in [0.1, 0.15) is 10.0 Å². The third-order valence-corrected chi connectivity index (χ3v) is 13.1. The van der Waals surface area contributed by atoms with Crippen LogP contribution < -0.4 is 0 Å². The maximum absolute atomic E-state index is 5.13. The molecule has 0 aliphatic carbocycles. The van der Waals surface area contributed by atoms with Crippen LogP contribution in [0.5, 0.6) is 0 Å². The highest BCUT2D eigenvalue weighted by atomic mass is 79.9. The van der Waals surface area contributed by atoms with E-state index >= 15 is 0 Å². The third-order valence-electron chi connectivity index (χ3n) is 7.44. The molecule has 0 aliphatic heterocycles. The summed E-state index contributed by atoms with van der Waals surface area (Å²) in [6.07, 6.45) is 18.2. The fourth-order valence-electron chi connectivity index (χ4n) is 5.26. The van der Waals surface area contributed by atoms with Gasteiger partial charge in [-0.15, -0.1) is 45.3 Å². The van der Waals surface area contributed by atoms with Crippen molar-refractivity contribution < 1.29 is 0 Å². The van der Waals surface area contributed by atoms with Crippen LogP contribution in [0.15, 0.2) is 31.8 Å². The number of rotatable bonds is 16. The van der Waals surface area contributed by atoms with E-state index in [0.29, 0.717) is 0 Å². The highest BCUT2D eigenvalue weighted by Gasteiger charge is 2.18. The van der Waals surface area contributed by atoms with Gasteiger partial charge < -0.3 is 0 Å². The summed E-state index contributed by atoms with van der Waals surface area (Å²) in [7, 11) is 0. The number of aryl methyl sites for hydroxylation is 2. The van der Waals surface area contributed by atoms with Crippen LogP contribution in [0.3, 0.4) is 0 Å². The van der Waals surface area contributed by atoms with Crippen LogP contribution in [-0.4, -0.2) is 9.97 Å². The Morgan fingerprint density at radius 1 is 0.525 bits per heavy atom. The molecule has 4 aromatic heterocycles. The molecular formula is C32H38Br2N2S4. The number of thiazole rings is 2. The van der Waals surface area contributed by atoms with E-state index in [0.717, 1.165) is 33.9 Å². The lowest BCUT2D eigenvalue weighted by atomic mass is 10.1. The van der Waals surface area contributed by atoms with Crippen LogP contribution >= 0.6 is 77.2 Å². The molecule has 0 bridgehead atoms. The summed E-state index contributed by atoms with van der Waals surface area (Å²) in [4.78, 5) is 12.9. The SMILES string of the molecule is CCCCCCCCc1cc(Br)sc1-c1nc2cc3sc(-c4sc(Br)cc4CCCCCCCC)nc3cc2s1. The molecule has 0 spiro atoms. The average Bonchev–Trinajstić information content (AvgIpc) is 3.71. The summed E-state index contributed by atoms with van der Waals surface area (Å²) in [6.45, 7) is 4.56. The van der Waals surface area contributed by atoms with Gasteiger partial charge in [0.2, 0.25) is 0 Å². The van der Waals surface area contributed by atoms with E-state index in [9.17, 15) is 0 Å². The largest absolute Gasteiger partial charge is 0.235 e. The van der Waals surface area contributed by atoms with Gasteiger partial charge in [-0.25, -0.2) is 9.97 Å². The smallest absolute Gasteiger partial charge is 0.134 e. The van der Waals surface area contributed by atoms with Crippen molar-refractivity contribution in [3.05, 3.63) is 43.0 Å². The monoisotopic (exact) mass is 736 g/mol. The lowest BCUT2D eigenvalue weighted by Gasteiger charge is -2.02. The van der Waals surface area contributed by atoms with Crippen LogP contribution in [0.25, 0.3) is 40.2 Å². The Hall–Kier alpha value is -0.640. The van der Waals surface area contributed by atoms with Crippen LogP contribution in [0.2, 0.25) is 0 Å². The van der Waals surface area contributed by atoms with E-state index in [4.69, 9.17) is 9.97 Å². The standard InChI is InChI=1S/C32H38Br2N2S4/c1-3-5-7-9-11-13-15-21-17-27(33)39-29(21)31-35-23-19-26-24(20-25(23)37-31)36-32(38-26)30-22(18-28(34)40-30)16-14-12-10-8-6-4-2/h17-20H,3-16H2,1-2H3. The first-order valence-corrected chi connectivity index (χ1v) is 19.7. The van der Waals surface area contributed by atoms with Crippen molar-refractivity contribution in [1.82, 2.24) is 9.97 Å². The first kappa shape index (κ1) is 30.8. The molecule has 0 radical (unpaired) electrons. The Labute approximate surface area is 271 Å². The van der Waals surface area contributed by atoms with Gasteiger partial charge in [0, 0.05) is 0 Å². The van der Waals surface area contributed by atoms with Gasteiger partial charge in [-0.1, -0.05) is 78.1 Å². The zero-order valence-electron chi connectivity index (χ0n) is 23.5. The maximum Gasteiger partial charge on any atom is 0.134 e. The van der Waals surface area contributed by atoms with Crippen molar-refractivity contribution in [3.8, 4) is 19.8 Å². The molecule has 0 aliphatic rings. The molecule has 0 saturated carbocycles. The Morgan fingerprint density at radius 2 is 0.925 bits per heavy atom. The van der Waals surface area contributed by atoms with Gasteiger partial charge in [0.05, 0.1) is 37.8 Å². The molecule has 5 aromatic rings. The van der Waals surface area contributed by atoms with Gasteiger partial charge in [-0.3, -0.25) is 0 Å². The van der Waals surface area contributed by atoms with Crippen LogP contribution in [0.4, 0.5) is 0 Å². The Balaban J connectivity index is 1.31. The number of hydrogen-bond acceptors (Lipinski definition) is 6. The molecule has 214 valence electrons. The number of unbranched alkanes of at least 4 members (excludes halogenated alkanes) is 10. The van der Waals surface area contributed by atoms with Gasteiger partial charge >= 0.3 is 0 Å². The predicted octanol–water partition coefficient (Wildman–Crippen LogP) is 13.7. The van der Waals surface area contributed by atoms with E-state index in [1.165, 1.54) is 115 Å². The molecule has 2 nitrogen and oxygen atoms in total. The molecule has 4 heterocycles. The second kappa shape index (κ2) is 15.2. The van der Waals surface area contributed by atoms with Crippen molar-refractivity contribution in [2.75, 3.05) is 0 Å². The molecular weight excluding hydrogens is 700 g/mol. The molecule has 0 fully saturated rings. The number of thiophene rings is 2. The highest BCUT2D eigenvalue weighted by molar-refractivity contribution is 9.11. The summed E-state index contributed by atoms with van der Waals surface area (Å²) in [5.74, 6) is 0. The fourth-order valence-corrected chi connectivity index (χ4v) is 10.8. The first-order valence-electron chi connectivity index (χ1n) is 14.8. The normalized spacial score (nSPS) is 11.9. The topological polar surface area (TPSA) is 25.8 Å². The van der Waals surface area contributed by atoms with E-state index < -0.39 is 0 Å². The molecule has 0 saturated heterocycles. The first-order chi connectivity index (χ1) is 19.6. The molecule has 0 atom stereocenters. The lowest BCUT2D eigenvalue weighted by molar-refractivity contribution is 0.608. The number of benzene rings is 1. The summed E-state index contributed by atoms with van der Waals surface area (Å²) in [6, 6.07) is 9.15. The number of nitrogens with zero attached hydrogens (tertiary/aromatic N) is 2. The zero-order valence-corrected chi connectivity index (χ0v) is 29.9. The van der Waals surface area contributed by atoms with Gasteiger partial charge in [0.15, 0.2) is 0 Å². The van der Waals surface area contributed by atoms with Crippen molar-refractivity contribution in [2.24, 2.45) is 0 Å². The number of halogens is 2. The lowest BCUT2D eigenvalue weighted by Crippen LogP contribution is -1.86. The predicted molar refractivity (Wildman–Crippen MR) is 189 cm³/mol. The van der Waals surface area contributed by atoms with E-state index in [-0.39, 0.29) is 0 Å². The van der Waals surface area contributed by atoms with E-state index in [1.54, 1.807) is 0 Å². The van der Waals surface area contributed by atoms with Crippen molar-refractivity contribution >= 4 is 97.6 Å². The van der Waals surface area contributed by atoms with Crippen LogP contribution in [0, 0.1) is 0 Å². The number of aromatic nitrogens is 2. The summed E-state index contributed by atoms with van der Waals surface area (Å²) < 4.78 is 4.87. The molecule has 0 amide bonds. The van der Waals surface area contributed by atoms with Crippen molar-refractivity contribution in [2.45, 2.75) is 104 Å². The van der Waals surface area contributed by atoms with Crippen LogP contribution in [0.1, 0.15) is 102 Å². The molecule has 0 unspecified atom stereocenters. The quantitative estimate of drug-likeness (QED) is 0.0942. The molecule has 8 heteroatoms. The Kier molecular flexibility index (Phi) is 11.7. The Bertz CT molecular complexity index is 1370. The Morgan fingerprint density at radius 3 is 1.35 bits per heavy atom. The molecule has 5 rings (SSSR count). The van der Waals surface area contributed by atoms with Crippen molar-refractivity contribution in [1.29, 1.82) is 0 Å². The number of fused-ring (bicyclic) bond motifs is 2. The van der Waals surface area contributed by atoms with Gasteiger partial charge in [-0.05, 0) is 92.9 Å². The second-order valence-corrected chi connectivity index (χ2v) is 17.6. The molecule has 0 N–H and O–H groups in total. The van der Waals surface area contributed by atoms with Gasteiger partial charge in [-0.2, -0.15) is 0 Å². The summed E-state index contributed by atoms with van der Waals surface area (Å²) in [5, 5.41) is 2.29. The average molecular weight is 739 g/mol. The van der Waals surface area contributed by atoms with Crippen LogP contribution in [-0.2, 0) is 12.8 Å².